The van der Waals surface area contributed by atoms with Crippen LogP contribution in [-0.4, -0.2) is 77.3 Å². The number of aldehydes is 1. The van der Waals surface area contributed by atoms with Crippen molar-refractivity contribution in [1.82, 2.24) is 10.6 Å². The van der Waals surface area contributed by atoms with Crippen LogP contribution in [0.15, 0.2) is 113 Å². The summed E-state index contributed by atoms with van der Waals surface area (Å²) in [5.74, 6) is -0.503. The third-order valence-electron chi connectivity index (χ3n) is 13.6. The second-order valence-corrected chi connectivity index (χ2v) is 17.4. The molecule has 2 aliphatic carbocycles. The molecule has 6 N–H and O–H groups in total. The highest BCUT2D eigenvalue weighted by Gasteiger charge is 2.65. The van der Waals surface area contributed by atoms with Gasteiger partial charge in [0.2, 0.25) is 0 Å². The average Bonchev–Trinajstić information content (AvgIpc) is 3.55. The first-order chi connectivity index (χ1) is 27.5. The third-order valence-corrected chi connectivity index (χ3v) is 13.6. The van der Waals surface area contributed by atoms with Gasteiger partial charge in [-0.2, -0.15) is 0 Å². The van der Waals surface area contributed by atoms with Crippen molar-refractivity contribution in [3.8, 4) is 0 Å². The van der Waals surface area contributed by atoms with Gasteiger partial charge in [-0.1, -0.05) is 102 Å². The predicted octanol–water partition coefficient (Wildman–Crippen LogP) is 7.54. The summed E-state index contributed by atoms with van der Waals surface area (Å²) in [7, 11) is 1.87. The quantitative estimate of drug-likeness (QED) is 0.0478. The zero-order chi connectivity index (χ0) is 41.0. The maximum Gasteiger partial charge on any atom is 0.145 e. The highest BCUT2D eigenvalue weighted by atomic mass is 16.3. The predicted molar refractivity (Wildman–Crippen MR) is 233 cm³/mol. The normalized spacial score (nSPS) is 30.1. The Morgan fingerprint density at radius 1 is 1.11 bits per heavy atom. The van der Waals surface area contributed by atoms with E-state index in [0.717, 1.165) is 54.4 Å². The summed E-state index contributed by atoms with van der Waals surface area (Å²) in [6.07, 6.45) is 15.1. The maximum absolute atomic E-state index is 12.9. The van der Waals surface area contributed by atoms with Crippen LogP contribution in [0, 0.1) is 23.2 Å². The van der Waals surface area contributed by atoms with Crippen LogP contribution >= 0.6 is 0 Å². The third kappa shape index (κ3) is 10.8. The Kier molecular flexibility index (Phi) is 16.5. The first kappa shape index (κ1) is 44.7. The standard InChI is InChI=1S/C50H70N2O5/c1-35-19-21-42(32-41-16-10-15-40(31-41)30-38(4)52-33-35)36(2)12-9-17-44(47(55)22-20-39-13-7-6-8-14-39)45-24-26-50(48(45)56)46(18-11-29-53)43(37(3)34-54)23-25-49(50,57)27-28-51-5/h6-10,12-17,19,31,34,38,42,45-48,51-53,55-57H,2,11,18,20-30,32-33H2,1,3-5H3/t38-,42-,45-,46+,47-,48-,49+,50-/m1/s1. The number of benzene rings is 2. The summed E-state index contributed by atoms with van der Waals surface area (Å²) in [4.78, 5) is 12.2. The van der Waals surface area contributed by atoms with Gasteiger partial charge in [-0.25, -0.2) is 0 Å². The Morgan fingerprint density at radius 2 is 1.86 bits per heavy atom. The van der Waals surface area contributed by atoms with Crippen molar-refractivity contribution < 1.29 is 25.2 Å². The molecule has 2 aromatic carbocycles. The van der Waals surface area contributed by atoms with Crippen molar-refractivity contribution in [2.75, 3.05) is 26.7 Å². The monoisotopic (exact) mass is 779 g/mol. The van der Waals surface area contributed by atoms with Crippen molar-refractivity contribution >= 4 is 6.29 Å². The van der Waals surface area contributed by atoms with E-state index in [2.05, 4.69) is 79.6 Å². The first-order valence-corrected chi connectivity index (χ1v) is 21.5. The number of allylic oxidation sites excluding steroid dienone is 7. The molecule has 0 saturated heterocycles. The number of rotatable bonds is 15. The molecule has 8 atom stereocenters. The molecule has 57 heavy (non-hydrogen) atoms. The van der Waals surface area contributed by atoms with Gasteiger partial charge in [0.25, 0.3) is 0 Å². The molecular weight excluding hydrogens is 709 g/mol. The molecule has 3 aliphatic rings. The van der Waals surface area contributed by atoms with Gasteiger partial charge in [-0.3, -0.25) is 4.79 Å². The van der Waals surface area contributed by atoms with Crippen molar-refractivity contribution in [3.05, 3.63) is 130 Å². The molecule has 0 unspecified atom stereocenters. The van der Waals surface area contributed by atoms with Gasteiger partial charge < -0.3 is 31.1 Å². The van der Waals surface area contributed by atoms with Gasteiger partial charge in [0.1, 0.15) is 6.29 Å². The van der Waals surface area contributed by atoms with Gasteiger partial charge in [0.05, 0.1) is 17.8 Å². The number of aliphatic hydroxyl groups is 4. The van der Waals surface area contributed by atoms with Crippen molar-refractivity contribution in [2.45, 2.75) is 122 Å². The van der Waals surface area contributed by atoms with Gasteiger partial charge in [-0.15, -0.1) is 0 Å². The number of aliphatic hydroxyl groups excluding tert-OH is 3. The molecule has 2 aromatic rings. The highest BCUT2D eigenvalue weighted by Crippen LogP contribution is 2.64. The minimum Gasteiger partial charge on any atom is -0.396 e. The molecule has 1 aliphatic heterocycles. The van der Waals surface area contributed by atoms with Gasteiger partial charge in [0, 0.05) is 30.5 Å². The Bertz CT molecular complexity index is 1760. The van der Waals surface area contributed by atoms with E-state index < -0.39 is 29.1 Å². The van der Waals surface area contributed by atoms with E-state index in [1.807, 2.05) is 44.3 Å². The van der Waals surface area contributed by atoms with Crippen LogP contribution in [0.3, 0.4) is 0 Å². The van der Waals surface area contributed by atoms with E-state index in [1.54, 1.807) is 0 Å². The topological polar surface area (TPSA) is 122 Å². The van der Waals surface area contributed by atoms with Crippen LogP contribution < -0.4 is 10.6 Å². The van der Waals surface area contributed by atoms with Crippen LogP contribution in [0.25, 0.3) is 0 Å². The molecule has 0 aromatic heterocycles. The van der Waals surface area contributed by atoms with Crippen molar-refractivity contribution in [2.24, 2.45) is 23.2 Å². The molecule has 310 valence electrons. The molecule has 1 heterocycles. The number of carbonyl (C=O) groups excluding carboxylic acids is 1. The van der Waals surface area contributed by atoms with E-state index in [9.17, 15) is 25.2 Å². The minimum absolute atomic E-state index is 0.00954. The molecule has 0 radical (unpaired) electrons. The van der Waals surface area contributed by atoms with E-state index in [4.69, 9.17) is 0 Å². The molecule has 1 spiro atoms. The fourth-order valence-electron chi connectivity index (χ4n) is 10.4. The molecule has 5 rings (SSSR count). The lowest BCUT2D eigenvalue weighted by molar-refractivity contribution is -0.181. The Morgan fingerprint density at radius 3 is 2.58 bits per heavy atom. The van der Waals surface area contributed by atoms with Crippen LogP contribution in [0.4, 0.5) is 0 Å². The summed E-state index contributed by atoms with van der Waals surface area (Å²) in [6, 6.07) is 19.5. The lowest BCUT2D eigenvalue weighted by Crippen LogP contribution is -2.61. The maximum atomic E-state index is 12.9. The summed E-state index contributed by atoms with van der Waals surface area (Å²) < 4.78 is 0. The number of hydrogen-bond acceptors (Lipinski definition) is 7. The number of hydrogen-bond donors (Lipinski definition) is 6. The largest absolute Gasteiger partial charge is 0.396 e. The minimum atomic E-state index is -1.20. The molecule has 2 bridgehead atoms. The molecule has 2 saturated carbocycles. The summed E-state index contributed by atoms with van der Waals surface area (Å²) in [6.45, 7) is 12.3. The number of carbonyl (C=O) groups is 1. The van der Waals surface area contributed by atoms with Gasteiger partial charge in [-0.05, 0) is 151 Å². The summed E-state index contributed by atoms with van der Waals surface area (Å²) in [5.41, 5.74) is 6.34. The second kappa shape index (κ2) is 21.0. The van der Waals surface area contributed by atoms with Crippen LogP contribution in [0.5, 0.6) is 0 Å². The average molecular weight is 779 g/mol. The zero-order valence-electron chi connectivity index (χ0n) is 35.1. The van der Waals surface area contributed by atoms with Crippen molar-refractivity contribution in [3.63, 3.8) is 0 Å². The van der Waals surface area contributed by atoms with Gasteiger partial charge >= 0.3 is 0 Å². The van der Waals surface area contributed by atoms with Crippen LogP contribution in [0.2, 0.25) is 0 Å². The van der Waals surface area contributed by atoms with Crippen LogP contribution in [0.1, 0.15) is 95.2 Å². The van der Waals surface area contributed by atoms with E-state index in [0.29, 0.717) is 75.9 Å². The van der Waals surface area contributed by atoms with Gasteiger partial charge in [0.15, 0.2) is 0 Å². The van der Waals surface area contributed by atoms with E-state index >= 15 is 0 Å². The molecular formula is C50H70N2O5. The Labute approximate surface area is 342 Å². The number of nitrogens with one attached hydrogen (secondary N) is 2. The Hall–Kier alpha value is -3.43. The molecule has 7 nitrogen and oxygen atoms in total. The fourth-order valence-corrected chi connectivity index (χ4v) is 10.4. The number of fused-ring (bicyclic) bond motifs is 2. The van der Waals surface area contributed by atoms with Crippen LogP contribution in [-0.2, 0) is 24.1 Å². The molecule has 0 amide bonds. The first-order valence-electron chi connectivity index (χ1n) is 21.5. The smallest absolute Gasteiger partial charge is 0.145 e. The molecule has 7 heteroatoms. The summed E-state index contributed by atoms with van der Waals surface area (Å²) >= 11 is 0. The van der Waals surface area contributed by atoms with Crippen molar-refractivity contribution in [1.29, 1.82) is 0 Å². The zero-order valence-corrected chi connectivity index (χ0v) is 35.1. The van der Waals surface area contributed by atoms with E-state index in [-0.39, 0.29) is 18.4 Å². The van der Waals surface area contributed by atoms with E-state index in [1.165, 1.54) is 16.7 Å². The lowest BCUT2D eigenvalue weighted by atomic mass is 9.51. The highest BCUT2D eigenvalue weighted by molar-refractivity contribution is 5.74. The fraction of sp³-hybridized carbons (Fsp3) is 0.540. The summed E-state index contributed by atoms with van der Waals surface area (Å²) in [5, 5.41) is 54.6. The number of aryl methyl sites for hydroxylation is 1. The molecule has 2 fully saturated rings. The lowest BCUT2D eigenvalue weighted by Gasteiger charge is -2.57. The Balaban J connectivity index is 1.51. The SMILES string of the molecule is C=C(C=CC=C([C@H](O)CCc1ccccc1)[C@H]1CC[C@]2([C@@H]1O)[C@@H](CCCO)C(=C(C)C=O)CC[C@]2(O)CCNC)[C@@H]1CC=C(C)CN[C@H](C)Cc2cccc(c2)C1. The second-order valence-electron chi connectivity index (χ2n) is 17.4.